The fraction of sp³-hybridized carbons (Fsp3) is 0.769. The molecule has 0 radical (unpaired) electrons. The second-order valence-electron chi connectivity index (χ2n) is 6.10. The molecule has 0 saturated carbocycles. The Morgan fingerprint density at radius 1 is 1.43 bits per heavy atom. The van der Waals surface area contributed by atoms with Gasteiger partial charge in [0.2, 0.25) is 5.91 Å². The lowest BCUT2D eigenvalue weighted by Gasteiger charge is -2.44. The Balaban J connectivity index is 1.93. The summed E-state index contributed by atoms with van der Waals surface area (Å²) in [5.41, 5.74) is -0.959. The predicted octanol–water partition coefficient (Wildman–Crippen LogP) is 2.11. The molecule has 1 atom stereocenters. The molecule has 0 bridgehead atoms. The van der Waals surface area contributed by atoms with E-state index in [0.717, 1.165) is 0 Å². The van der Waals surface area contributed by atoms with Crippen LogP contribution in [-0.2, 0) is 11.3 Å². The average molecular weight is 304 g/mol. The molecular weight excluding hydrogens is 285 g/mol. The Labute approximate surface area is 121 Å². The smallest absolute Gasteiger partial charge is 0.342 e. The van der Waals surface area contributed by atoms with E-state index in [4.69, 9.17) is 0 Å². The van der Waals surface area contributed by atoms with Crippen LogP contribution in [0.1, 0.15) is 26.7 Å². The van der Waals surface area contributed by atoms with Gasteiger partial charge in [0.1, 0.15) is 0 Å². The normalized spacial score (nSPS) is 22.3. The summed E-state index contributed by atoms with van der Waals surface area (Å²) in [5.74, 6) is -1.50. The van der Waals surface area contributed by atoms with Crippen LogP contribution in [0.2, 0.25) is 0 Å². The molecule has 1 fully saturated rings. The SMILES string of the molecule is CC1(C)CN(C(=O)CCn2ccnn2)CCC1C(F)(F)F. The van der Waals surface area contributed by atoms with E-state index in [-0.39, 0.29) is 31.8 Å². The van der Waals surface area contributed by atoms with E-state index in [1.165, 1.54) is 15.8 Å². The highest BCUT2D eigenvalue weighted by Crippen LogP contribution is 2.45. The first-order chi connectivity index (χ1) is 9.70. The Morgan fingerprint density at radius 3 is 2.67 bits per heavy atom. The van der Waals surface area contributed by atoms with E-state index >= 15 is 0 Å². The topological polar surface area (TPSA) is 51.0 Å². The first kappa shape index (κ1) is 15.8. The maximum atomic E-state index is 13.0. The molecule has 1 aromatic rings. The van der Waals surface area contributed by atoms with E-state index in [0.29, 0.717) is 6.54 Å². The molecule has 118 valence electrons. The van der Waals surface area contributed by atoms with Gasteiger partial charge in [-0.1, -0.05) is 19.1 Å². The van der Waals surface area contributed by atoms with Crippen molar-refractivity contribution in [2.24, 2.45) is 11.3 Å². The van der Waals surface area contributed by atoms with E-state index in [2.05, 4.69) is 10.3 Å². The van der Waals surface area contributed by atoms with Gasteiger partial charge in [-0.15, -0.1) is 5.10 Å². The number of nitrogens with zero attached hydrogens (tertiary/aromatic N) is 4. The molecule has 1 amide bonds. The van der Waals surface area contributed by atoms with Crippen LogP contribution in [0.4, 0.5) is 13.2 Å². The summed E-state index contributed by atoms with van der Waals surface area (Å²) in [4.78, 5) is 13.6. The van der Waals surface area contributed by atoms with Gasteiger partial charge >= 0.3 is 6.18 Å². The number of halogens is 3. The Morgan fingerprint density at radius 2 is 2.14 bits per heavy atom. The number of hydrogen-bond acceptors (Lipinski definition) is 3. The van der Waals surface area contributed by atoms with Gasteiger partial charge in [-0.05, 0) is 11.8 Å². The molecule has 2 rings (SSSR count). The number of aromatic nitrogens is 3. The third-order valence-corrected chi connectivity index (χ3v) is 4.00. The van der Waals surface area contributed by atoms with Crippen molar-refractivity contribution in [1.29, 1.82) is 0 Å². The second kappa shape index (κ2) is 5.65. The van der Waals surface area contributed by atoms with E-state index < -0.39 is 17.5 Å². The van der Waals surface area contributed by atoms with Crippen LogP contribution in [0, 0.1) is 11.3 Å². The maximum Gasteiger partial charge on any atom is 0.392 e. The predicted molar refractivity (Wildman–Crippen MR) is 69.2 cm³/mol. The lowest BCUT2D eigenvalue weighted by atomic mass is 9.73. The third kappa shape index (κ3) is 3.74. The Hall–Kier alpha value is -1.60. The van der Waals surface area contributed by atoms with Crippen molar-refractivity contribution >= 4 is 5.91 Å². The van der Waals surface area contributed by atoms with Gasteiger partial charge in [0.05, 0.1) is 18.7 Å². The van der Waals surface area contributed by atoms with Crippen LogP contribution in [-0.4, -0.2) is 45.1 Å². The number of amides is 1. The Bertz CT molecular complexity index is 484. The second-order valence-corrected chi connectivity index (χ2v) is 6.10. The quantitative estimate of drug-likeness (QED) is 0.859. The first-order valence-corrected chi connectivity index (χ1v) is 6.89. The summed E-state index contributed by atoms with van der Waals surface area (Å²) in [7, 11) is 0. The average Bonchev–Trinajstić information content (AvgIpc) is 2.86. The van der Waals surface area contributed by atoms with Crippen molar-refractivity contribution in [3.05, 3.63) is 12.4 Å². The molecular formula is C13H19F3N4O. The molecule has 0 aliphatic carbocycles. The molecule has 2 heterocycles. The minimum Gasteiger partial charge on any atom is -0.342 e. The van der Waals surface area contributed by atoms with Crippen molar-refractivity contribution in [2.45, 2.75) is 39.4 Å². The van der Waals surface area contributed by atoms with Crippen molar-refractivity contribution in [1.82, 2.24) is 19.9 Å². The van der Waals surface area contributed by atoms with Gasteiger partial charge in [0.25, 0.3) is 0 Å². The summed E-state index contributed by atoms with van der Waals surface area (Å²) >= 11 is 0. The number of piperidine rings is 1. The zero-order chi connectivity index (χ0) is 15.7. The lowest BCUT2D eigenvalue weighted by Crippen LogP contribution is -2.52. The standard InChI is InChI=1S/C13H19F3N4O/c1-12(2)9-19(6-3-10(12)13(14,15)16)11(21)4-7-20-8-5-17-18-20/h5,8,10H,3-4,6-7,9H2,1-2H3. The number of carbonyl (C=O) groups excluding carboxylic acids is 1. The van der Waals surface area contributed by atoms with Crippen molar-refractivity contribution in [2.75, 3.05) is 13.1 Å². The first-order valence-electron chi connectivity index (χ1n) is 6.89. The van der Waals surface area contributed by atoms with Gasteiger partial charge in [-0.3, -0.25) is 9.48 Å². The van der Waals surface area contributed by atoms with Crippen molar-refractivity contribution < 1.29 is 18.0 Å². The summed E-state index contributed by atoms with van der Waals surface area (Å²) in [5, 5.41) is 7.39. The summed E-state index contributed by atoms with van der Waals surface area (Å²) < 4.78 is 40.5. The minimum absolute atomic E-state index is 0.0361. The van der Waals surface area contributed by atoms with E-state index in [9.17, 15) is 18.0 Å². The summed E-state index contributed by atoms with van der Waals surface area (Å²) in [6, 6.07) is 0. The van der Waals surface area contributed by atoms with Crippen LogP contribution >= 0.6 is 0 Å². The highest BCUT2D eigenvalue weighted by molar-refractivity contribution is 5.76. The Kier molecular flexibility index (Phi) is 4.25. The van der Waals surface area contributed by atoms with Crippen LogP contribution in [0.25, 0.3) is 0 Å². The van der Waals surface area contributed by atoms with Crippen LogP contribution in [0.3, 0.4) is 0 Å². The highest BCUT2D eigenvalue weighted by atomic mass is 19.4. The molecule has 1 aromatic heterocycles. The maximum absolute atomic E-state index is 13.0. The number of alkyl halides is 3. The molecule has 21 heavy (non-hydrogen) atoms. The number of rotatable bonds is 3. The summed E-state index contributed by atoms with van der Waals surface area (Å²) in [6.45, 7) is 3.82. The van der Waals surface area contributed by atoms with Crippen molar-refractivity contribution in [3.8, 4) is 0 Å². The van der Waals surface area contributed by atoms with Crippen LogP contribution in [0.5, 0.6) is 0 Å². The molecule has 1 aliphatic rings. The number of likely N-dealkylation sites (tertiary alicyclic amines) is 1. The minimum atomic E-state index is -4.21. The number of hydrogen-bond donors (Lipinski definition) is 0. The zero-order valence-electron chi connectivity index (χ0n) is 12.1. The largest absolute Gasteiger partial charge is 0.392 e. The fourth-order valence-corrected chi connectivity index (χ4v) is 2.90. The van der Waals surface area contributed by atoms with Gasteiger partial charge in [-0.2, -0.15) is 13.2 Å². The molecule has 0 aromatic carbocycles. The lowest BCUT2D eigenvalue weighted by molar-refractivity contribution is -0.217. The highest BCUT2D eigenvalue weighted by Gasteiger charge is 2.51. The fourth-order valence-electron chi connectivity index (χ4n) is 2.90. The zero-order valence-corrected chi connectivity index (χ0v) is 12.1. The molecule has 8 heteroatoms. The van der Waals surface area contributed by atoms with Gasteiger partial charge in [-0.25, -0.2) is 0 Å². The van der Waals surface area contributed by atoms with Gasteiger partial charge < -0.3 is 4.90 Å². The van der Waals surface area contributed by atoms with Crippen LogP contribution in [0.15, 0.2) is 12.4 Å². The van der Waals surface area contributed by atoms with Gasteiger partial charge in [0.15, 0.2) is 0 Å². The van der Waals surface area contributed by atoms with Gasteiger partial charge in [0, 0.05) is 25.7 Å². The monoisotopic (exact) mass is 304 g/mol. The number of carbonyl (C=O) groups is 1. The van der Waals surface area contributed by atoms with E-state index in [1.807, 2.05) is 0 Å². The third-order valence-electron chi connectivity index (χ3n) is 4.00. The molecule has 1 aliphatic heterocycles. The molecule has 0 spiro atoms. The molecule has 1 unspecified atom stereocenters. The summed E-state index contributed by atoms with van der Waals surface area (Å²) in [6.07, 6.45) is -0.865. The van der Waals surface area contributed by atoms with E-state index in [1.54, 1.807) is 20.0 Å². The number of aryl methyl sites for hydroxylation is 1. The van der Waals surface area contributed by atoms with Crippen molar-refractivity contribution in [3.63, 3.8) is 0 Å². The molecule has 1 saturated heterocycles. The molecule has 5 nitrogen and oxygen atoms in total. The molecule has 0 N–H and O–H groups in total. The van der Waals surface area contributed by atoms with Crippen LogP contribution < -0.4 is 0 Å².